The van der Waals surface area contributed by atoms with Gasteiger partial charge in [0.05, 0.1) is 11.9 Å². The van der Waals surface area contributed by atoms with Crippen molar-refractivity contribution in [1.29, 1.82) is 0 Å². The largest absolute Gasteiger partial charge is 0.368 e. The summed E-state index contributed by atoms with van der Waals surface area (Å²) in [6, 6.07) is 7.28. The first kappa shape index (κ1) is 23.3. The maximum atomic E-state index is 13.7. The fourth-order valence-electron chi connectivity index (χ4n) is 3.78. The van der Waals surface area contributed by atoms with Crippen molar-refractivity contribution in [3.63, 3.8) is 0 Å². The summed E-state index contributed by atoms with van der Waals surface area (Å²) in [4.78, 5) is 16.8. The molecule has 31 heavy (non-hydrogen) atoms. The normalized spacial score (nSPS) is 15.7. The molecule has 1 saturated heterocycles. The summed E-state index contributed by atoms with van der Waals surface area (Å²) in [7, 11) is -3.92. The lowest BCUT2D eigenvalue weighted by atomic mass is 10.1. The van der Waals surface area contributed by atoms with E-state index in [1.807, 2.05) is 25.1 Å². The Morgan fingerprint density at radius 1 is 1.06 bits per heavy atom. The van der Waals surface area contributed by atoms with Crippen molar-refractivity contribution in [2.24, 2.45) is 0 Å². The fourth-order valence-corrected chi connectivity index (χ4v) is 5.11. The highest BCUT2D eigenvalue weighted by Gasteiger charge is 2.34. The molecular weight excluding hydrogens is 448 g/mol. The lowest BCUT2D eigenvalue weighted by molar-refractivity contribution is -0.132. The van der Waals surface area contributed by atoms with Crippen molar-refractivity contribution in [1.82, 2.24) is 4.90 Å². The third kappa shape index (κ3) is 5.10. The second-order valence-corrected chi connectivity index (χ2v) is 9.87. The summed E-state index contributed by atoms with van der Waals surface area (Å²) in [6.07, 6.45) is 0.928. The van der Waals surface area contributed by atoms with Crippen LogP contribution in [0, 0.1) is 18.6 Å². The Kier molecular flexibility index (Phi) is 6.76. The third-order valence-electron chi connectivity index (χ3n) is 5.33. The van der Waals surface area contributed by atoms with Crippen LogP contribution in [0.2, 0.25) is 5.02 Å². The van der Waals surface area contributed by atoms with Gasteiger partial charge in [0.2, 0.25) is 15.9 Å². The monoisotopic (exact) mass is 471 g/mol. The average molecular weight is 472 g/mol. The maximum Gasteiger partial charge on any atom is 0.246 e. The van der Waals surface area contributed by atoms with Gasteiger partial charge in [0.25, 0.3) is 0 Å². The molecule has 1 aliphatic heterocycles. The van der Waals surface area contributed by atoms with Crippen molar-refractivity contribution in [2.45, 2.75) is 19.9 Å². The number of aryl methyl sites for hydroxylation is 1. The van der Waals surface area contributed by atoms with Gasteiger partial charge in [0.1, 0.15) is 6.04 Å². The standard InChI is InChI=1S/C21H24ClF2N3O3S/c1-14-4-5-16(22)12-20(14)25-8-10-26(11-9-25)21(28)15(2)27(31(3,29)30)17-6-7-18(23)19(24)13-17/h4-7,12-13,15H,8-11H2,1-3H3/t15-/m0/s1. The van der Waals surface area contributed by atoms with E-state index in [1.165, 1.54) is 6.92 Å². The lowest BCUT2D eigenvalue weighted by Gasteiger charge is -2.39. The van der Waals surface area contributed by atoms with Crippen LogP contribution in [0.5, 0.6) is 0 Å². The highest BCUT2D eigenvalue weighted by molar-refractivity contribution is 7.92. The van der Waals surface area contributed by atoms with E-state index in [0.717, 1.165) is 40.0 Å². The minimum absolute atomic E-state index is 0.101. The molecule has 3 rings (SSSR count). The number of anilines is 2. The van der Waals surface area contributed by atoms with Crippen LogP contribution in [0.25, 0.3) is 0 Å². The Bertz CT molecular complexity index is 1090. The zero-order chi connectivity index (χ0) is 22.9. The molecule has 0 aromatic heterocycles. The zero-order valence-electron chi connectivity index (χ0n) is 17.5. The number of rotatable bonds is 5. The number of hydrogen-bond donors (Lipinski definition) is 0. The van der Waals surface area contributed by atoms with Crippen LogP contribution < -0.4 is 9.21 Å². The Morgan fingerprint density at radius 2 is 1.71 bits per heavy atom. The fraction of sp³-hybridized carbons (Fsp3) is 0.381. The molecule has 0 aliphatic carbocycles. The zero-order valence-corrected chi connectivity index (χ0v) is 19.1. The van der Waals surface area contributed by atoms with Crippen LogP contribution in [0.15, 0.2) is 36.4 Å². The molecule has 1 amide bonds. The number of amides is 1. The predicted molar refractivity (Wildman–Crippen MR) is 118 cm³/mol. The molecule has 0 spiro atoms. The van der Waals surface area contributed by atoms with Gasteiger partial charge in [0.15, 0.2) is 11.6 Å². The van der Waals surface area contributed by atoms with Crippen molar-refractivity contribution >= 4 is 38.9 Å². The molecule has 6 nitrogen and oxygen atoms in total. The van der Waals surface area contributed by atoms with Crippen LogP contribution in [-0.2, 0) is 14.8 Å². The summed E-state index contributed by atoms with van der Waals surface area (Å²) < 4.78 is 52.6. The molecule has 0 unspecified atom stereocenters. The molecule has 1 atom stereocenters. The molecule has 1 fully saturated rings. The lowest BCUT2D eigenvalue weighted by Crippen LogP contribution is -2.55. The molecule has 2 aromatic carbocycles. The van der Waals surface area contributed by atoms with Crippen molar-refractivity contribution in [3.8, 4) is 0 Å². The van der Waals surface area contributed by atoms with Gasteiger partial charge in [-0.2, -0.15) is 0 Å². The number of piperazine rings is 1. The predicted octanol–water partition coefficient (Wildman–Crippen LogP) is 3.43. The third-order valence-corrected chi connectivity index (χ3v) is 6.80. The number of hydrogen-bond acceptors (Lipinski definition) is 4. The van der Waals surface area contributed by atoms with Gasteiger partial charge in [-0.25, -0.2) is 17.2 Å². The van der Waals surface area contributed by atoms with E-state index in [9.17, 15) is 22.0 Å². The Hall–Kier alpha value is -2.39. The molecule has 2 aromatic rings. The second kappa shape index (κ2) is 9.00. The molecule has 0 radical (unpaired) electrons. The van der Waals surface area contributed by atoms with Gasteiger partial charge in [0, 0.05) is 43.0 Å². The van der Waals surface area contributed by atoms with Crippen molar-refractivity contribution in [2.75, 3.05) is 41.6 Å². The summed E-state index contributed by atoms with van der Waals surface area (Å²) >= 11 is 6.11. The summed E-state index contributed by atoms with van der Waals surface area (Å²) in [5, 5.41) is 0.628. The Morgan fingerprint density at radius 3 is 2.29 bits per heavy atom. The van der Waals surface area contributed by atoms with Crippen LogP contribution in [0.3, 0.4) is 0 Å². The molecule has 0 bridgehead atoms. The molecule has 0 N–H and O–H groups in total. The van der Waals surface area contributed by atoms with Crippen molar-refractivity contribution < 1.29 is 22.0 Å². The van der Waals surface area contributed by atoms with E-state index in [2.05, 4.69) is 4.90 Å². The van der Waals surface area contributed by atoms with E-state index >= 15 is 0 Å². The van der Waals surface area contributed by atoms with E-state index in [-0.39, 0.29) is 5.69 Å². The Labute approximate surface area is 186 Å². The molecule has 1 aliphatic rings. The first-order valence-electron chi connectivity index (χ1n) is 9.73. The number of carbonyl (C=O) groups excluding carboxylic acids is 1. The topological polar surface area (TPSA) is 60.9 Å². The number of carbonyl (C=O) groups is 1. The number of halogens is 3. The molecule has 0 saturated carbocycles. The molecular formula is C21H24ClF2N3O3S. The van der Waals surface area contributed by atoms with E-state index in [4.69, 9.17) is 11.6 Å². The number of sulfonamides is 1. The summed E-state index contributed by atoms with van der Waals surface area (Å²) in [6.45, 7) is 5.33. The van der Waals surface area contributed by atoms with Crippen LogP contribution in [0.1, 0.15) is 12.5 Å². The van der Waals surface area contributed by atoms with Gasteiger partial charge < -0.3 is 9.80 Å². The number of benzene rings is 2. The smallest absolute Gasteiger partial charge is 0.246 e. The number of nitrogens with zero attached hydrogens (tertiary/aromatic N) is 3. The quantitative estimate of drug-likeness (QED) is 0.670. The van der Waals surface area contributed by atoms with Gasteiger partial charge in [-0.3, -0.25) is 9.10 Å². The molecule has 10 heteroatoms. The van der Waals surface area contributed by atoms with Gasteiger partial charge >= 0.3 is 0 Å². The summed E-state index contributed by atoms with van der Waals surface area (Å²) in [5.41, 5.74) is 1.96. The SMILES string of the molecule is Cc1ccc(Cl)cc1N1CCN(C(=O)[C@H](C)N(c2ccc(F)c(F)c2)S(C)(=O)=O)CC1. The van der Waals surface area contributed by atoms with Crippen LogP contribution in [0.4, 0.5) is 20.2 Å². The van der Waals surface area contributed by atoms with Gasteiger partial charge in [-0.1, -0.05) is 17.7 Å². The van der Waals surface area contributed by atoms with Crippen LogP contribution >= 0.6 is 11.6 Å². The Balaban J connectivity index is 1.77. The second-order valence-electron chi connectivity index (χ2n) is 7.58. The average Bonchev–Trinajstić information content (AvgIpc) is 2.71. The summed E-state index contributed by atoms with van der Waals surface area (Å²) in [5.74, 6) is -2.68. The van der Waals surface area contributed by atoms with Gasteiger partial charge in [-0.05, 0) is 43.7 Å². The maximum absolute atomic E-state index is 13.7. The van der Waals surface area contributed by atoms with Crippen LogP contribution in [-0.4, -0.2) is 57.7 Å². The molecule has 168 valence electrons. The van der Waals surface area contributed by atoms with E-state index < -0.39 is 33.6 Å². The first-order valence-corrected chi connectivity index (χ1v) is 12.0. The first-order chi connectivity index (χ1) is 14.5. The molecule has 1 heterocycles. The van der Waals surface area contributed by atoms with Gasteiger partial charge in [-0.15, -0.1) is 0 Å². The van der Waals surface area contributed by atoms with E-state index in [1.54, 1.807) is 4.90 Å². The minimum Gasteiger partial charge on any atom is -0.368 e. The highest BCUT2D eigenvalue weighted by Crippen LogP contribution is 2.27. The van der Waals surface area contributed by atoms with Crippen molar-refractivity contribution in [3.05, 3.63) is 58.6 Å². The minimum atomic E-state index is -3.92. The highest BCUT2D eigenvalue weighted by atomic mass is 35.5. The van der Waals surface area contributed by atoms with E-state index in [0.29, 0.717) is 31.2 Å².